The Bertz CT molecular complexity index is 771. The molecule has 4 rings (SSSR count). The van der Waals surface area contributed by atoms with Crippen molar-refractivity contribution in [3.63, 3.8) is 0 Å². The van der Waals surface area contributed by atoms with Crippen molar-refractivity contribution in [2.75, 3.05) is 0 Å². The van der Waals surface area contributed by atoms with E-state index in [4.69, 9.17) is 0 Å². The van der Waals surface area contributed by atoms with Gasteiger partial charge in [0.2, 0.25) is 0 Å². The summed E-state index contributed by atoms with van der Waals surface area (Å²) in [5, 5.41) is 8.51. The van der Waals surface area contributed by atoms with E-state index < -0.39 is 11.6 Å². The van der Waals surface area contributed by atoms with E-state index in [9.17, 15) is 8.78 Å². The fourth-order valence-electron chi connectivity index (χ4n) is 4.35. The van der Waals surface area contributed by atoms with E-state index in [-0.39, 0.29) is 17.2 Å². The highest BCUT2D eigenvalue weighted by molar-refractivity contribution is 5.62. The first-order chi connectivity index (χ1) is 10.4. The van der Waals surface area contributed by atoms with Crippen LogP contribution >= 0.6 is 0 Å². The number of hydrogen-bond acceptors (Lipinski definition) is 2. The van der Waals surface area contributed by atoms with Gasteiger partial charge in [0.05, 0.1) is 11.4 Å². The molecule has 0 aliphatic heterocycles. The Morgan fingerprint density at radius 1 is 1.14 bits per heavy atom. The van der Waals surface area contributed by atoms with Crippen LogP contribution in [0.25, 0.3) is 11.3 Å². The predicted octanol–water partition coefficient (Wildman–Crippen LogP) is 4.41. The van der Waals surface area contributed by atoms with E-state index in [2.05, 4.69) is 24.0 Å². The van der Waals surface area contributed by atoms with Gasteiger partial charge in [0.25, 0.3) is 0 Å². The average Bonchev–Trinajstić information content (AvgIpc) is 2.77. The summed E-state index contributed by atoms with van der Waals surface area (Å²) in [7, 11) is 0. The van der Waals surface area contributed by atoms with E-state index in [1.165, 1.54) is 6.07 Å². The first-order valence-electron chi connectivity index (χ1n) is 7.64. The van der Waals surface area contributed by atoms with Crippen LogP contribution in [0, 0.1) is 11.2 Å². The number of nitrogens with zero attached hydrogens (tertiary/aromatic N) is 2. The molecule has 1 heterocycles. The molecule has 0 radical (unpaired) electrons. The second-order valence-corrected chi connectivity index (χ2v) is 7.19. The second-order valence-electron chi connectivity index (χ2n) is 7.19. The van der Waals surface area contributed by atoms with E-state index in [0.29, 0.717) is 17.7 Å². The van der Waals surface area contributed by atoms with E-state index >= 15 is 0 Å². The standard InChI is InChI=1S/C18H18F2N2/c1-17(2)12-9-15(20)18(17,3)16-11(12)8-14(21-22-16)10-6-4-5-7-13(10)19/h4-8,12,15H,9H2,1-3H3/t12-,15+,18+/m1/s1. The lowest BCUT2D eigenvalue weighted by molar-refractivity contribution is 0.146. The van der Waals surface area contributed by atoms with Crippen molar-refractivity contribution in [1.82, 2.24) is 10.2 Å². The van der Waals surface area contributed by atoms with Crippen molar-refractivity contribution in [3.8, 4) is 11.3 Å². The minimum Gasteiger partial charge on any atom is -0.246 e. The van der Waals surface area contributed by atoms with Gasteiger partial charge in [-0.25, -0.2) is 8.78 Å². The topological polar surface area (TPSA) is 25.8 Å². The van der Waals surface area contributed by atoms with E-state index in [1.54, 1.807) is 18.2 Å². The third-order valence-corrected chi connectivity index (χ3v) is 6.12. The number of aromatic nitrogens is 2. The minimum absolute atomic E-state index is 0.114. The SMILES string of the molecule is CC1(C)[C@@H]2C[C@H](F)[C@@]1(C)c1nnc(-c3ccccc3F)cc12. The second kappa shape index (κ2) is 4.12. The summed E-state index contributed by atoms with van der Waals surface area (Å²) >= 11 is 0. The highest BCUT2D eigenvalue weighted by Crippen LogP contribution is 2.67. The molecule has 3 atom stereocenters. The molecular formula is C18H18F2N2. The van der Waals surface area contributed by atoms with Crippen LogP contribution in [0.5, 0.6) is 0 Å². The van der Waals surface area contributed by atoms with Crippen LogP contribution in [-0.4, -0.2) is 16.4 Å². The molecule has 4 heteroatoms. The summed E-state index contributed by atoms with van der Waals surface area (Å²) < 4.78 is 28.5. The van der Waals surface area contributed by atoms with Crippen molar-refractivity contribution in [3.05, 3.63) is 47.4 Å². The van der Waals surface area contributed by atoms with Crippen molar-refractivity contribution in [2.45, 2.75) is 44.7 Å². The average molecular weight is 300 g/mol. The maximum atomic E-state index is 14.5. The summed E-state index contributed by atoms with van der Waals surface area (Å²) in [6.07, 6.45) is -0.382. The number of rotatable bonds is 1. The van der Waals surface area contributed by atoms with Crippen molar-refractivity contribution in [2.24, 2.45) is 5.41 Å². The summed E-state index contributed by atoms with van der Waals surface area (Å²) in [6, 6.07) is 8.45. The molecule has 0 amide bonds. The summed E-state index contributed by atoms with van der Waals surface area (Å²) in [4.78, 5) is 0. The molecule has 1 fully saturated rings. The lowest BCUT2D eigenvalue weighted by atomic mass is 9.69. The first kappa shape index (κ1) is 13.8. The lowest BCUT2D eigenvalue weighted by Gasteiger charge is -2.35. The fraction of sp³-hybridized carbons (Fsp3) is 0.444. The molecule has 0 saturated heterocycles. The fourth-order valence-corrected chi connectivity index (χ4v) is 4.35. The monoisotopic (exact) mass is 300 g/mol. The normalized spacial score (nSPS) is 31.3. The predicted molar refractivity (Wildman–Crippen MR) is 80.8 cm³/mol. The molecule has 1 saturated carbocycles. The summed E-state index contributed by atoms with van der Waals surface area (Å²) in [5.41, 5.74) is 1.96. The molecule has 22 heavy (non-hydrogen) atoms. The highest BCUT2D eigenvalue weighted by Gasteiger charge is 2.66. The summed E-state index contributed by atoms with van der Waals surface area (Å²) in [5.74, 6) is -0.197. The largest absolute Gasteiger partial charge is 0.246 e. The van der Waals surface area contributed by atoms with Gasteiger partial charge < -0.3 is 0 Å². The molecule has 114 valence electrons. The molecule has 0 spiro atoms. The quantitative estimate of drug-likeness (QED) is 0.780. The molecule has 0 unspecified atom stereocenters. The zero-order valence-corrected chi connectivity index (χ0v) is 12.9. The molecule has 1 aromatic heterocycles. The Balaban J connectivity index is 1.90. The highest BCUT2D eigenvalue weighted by atomic mass is 19.1. The smallest absolute Gasteiger partial charge is 0.132 e. The maximum absolute atomic E-state index is 14.5. The van der Waals surface area contributed by atoms with Crippen LogP contribution in [0.2, 0.25) is 0 Å². The molecule has 2 aromatic rings. The van der Waals surface area contributed by atoms with Gasteiger partial charge in [-0.05, 0) is 41.5 Å². The number of benzene rings is 1. The van der Waals surface area contributed by atoms with Gasteiger partial charge >= 0.3 is 0 Å². The minimum atomic E-state index is -0.895. The molecule has 2 aliphatic rings. The Morgan fingerprint density at radius 2 is 1.86 bits per heavy atom. The molecule has 1 aromatic carbocycles. The molecule has 2 nitrogen and oxygen atoms in total. The molecule has 2 aliphatic carbocycles. The Hall–Kier alpha value is -1.84. The summed E-state index contributed by atoms with van der Waals surface area (Å²) in [6.45, 7) is 6.14. The number of halogens is 2. The molecule has 0 N–H and O–H groups in total. The zero-order chi connectivity index (χ0) is 15.7. The van der Waals surface area contributed by atoms with Gasteiger partial charge in [-0.3, -0.25) is 0 Å². The van der Waals surface area contributed by atoms with Crippen LogP contribution in [-0.2, 0) is 5.41 Å². The number of hydrogen-bond donors (Lipinski definition) is 0. The van der Waals surface area contributed by atoms with Gasteiger partial charge in [0.15, 0.2) is 0 Å². The van der Waals surface area contributed by atoms with Crippen LogP contribution < -0.4 is 0 Å². The number of fused-ring (bicyclic) bond motifs is 5. The van der Waals surface area contributed by atoms with Crippen LogP contribution in [0.1, 0.15) is 44.4 Å². The van der Waals surface area contributed by atoms with E-state index in [1.807, 2.05) is 13.0 Å². The van der Waals surface area contributed by atoms with Crippen LogP contribution in [0.15, 0.2) is 30.3 Å². The zero-order valence-electron chi connectivity index (χ0n) is 12.9. The van der Waals surface area contributed by atoms with E-state index in [0.717, 1.165) is 11.3 Å². The van der Waals surface area contributed by atoms with Gasteiger partial charge in [0, 0.05) is 11.0 Å². The van der Waals surface area contributed by atoms with Crippen molar-refractivity contribution in [1.29, 1.82) is 0 Å². The van der Waals surface area contributed by atoms with Crippen molar-refractivity contribution < 1.29 is 8.78 Å². The van der Waals surface area contributed by atoms with Crippen molar-refractivity contribution >= 4 is 0 Å². The lowest BCUT2D eigenvalue weighted by Crippen LogP contribution is -2.39. The molecule has 2 bridgehead atoms. The Labute approximate surface area is 128 Å². The third-order valence-electron chi connectivity index (χ3n) is 6.12. The van der Waals surface area contributed by atoms with Crippen LogP contribution in [0.4, 0.5) is 8.78 Å². The van der Waals surface area contributed by atoms with Gasteiger partial charge in [-0.15, -0.1) is 0 Å². The Kier molecular flexibility index (Phi) is 2.58. The maximum Gasteiger partial charge on any atom is 0.132 e. The third kappa shape index (κ3) is 1.43. The number of alkyl halides is 1. The van der Waals surface area contributed by atoms with Crippen LogP contribution in [0.3, 0.4) is 0 Å². The Morgan fingerprint density at radius 3 is 2.59 bits per heavy atom. The van der Waals surface area contributed by atoms with Gasteiger partial charge in [-0.2, -0.15) is 10.2 Å². The molecular weight excluding hydrogens is 282 g/mol. The van der Waals surface area contributed by atoms with Gasteiger partial charge in [0.1, 0.15) is 12.0 Å². The van der Waals surface area contributed by atoms with Gasteiger partial charge in [-0.1, -0.05) is 32.9 Å². The first-order valence-corrected chi connectivity index (χ1v) is 7.64.